The molecule has 0 amide bonds. The predicted octanol–water partition coefficient (Wildman–Crippen LogP) is 2.50. The lowest BCUT2D eigenvalue weighted by atomic mass is 10.1. The summed E-state index contributed by atoms with van der Waals surface area (Å²) in [6.45, 7) is 9.97. The van der Waals surface area contributed by atoms with E-state index in [2.05, 4.69) is 49.2 Å². The fourth-order valence-electron chi connectivity index (χ4n) is 2.29. The van der Waals surface area contributed by atoms with Crippen LogP contribution in [0.3, 0.4) is 0 Å². The Morgan fingerprint density at radius 1 is 1.11 bits per heavy atom. The molecule has 0 radical (unpaired) electrons. The summed E-state index contributed by atoms with van der Waals surface area (Å²) in [6.07, 6.45) is 2.29. The second kappa shape index (κ2) is 6.00. The molecular weight excluding hydrogens is 238 g/mol. The Labute approximate surface area is 112 Å². The van der Waals surface area contributed by atoms with E-state index in [0.29, 0.717) is 6.04 Å². The number of benzene rings is 1. The van der Waals surface area contributed by atoms with Crippen LogP contribution in [0.1, 0.15) is 18.4 Å². The van der Waals surface area contributed by atoms with E-state index < -0.39 is 8.07 Å². The predicted molar refractivity (Wildman–Crippen MR) is 80.1 cm³/mol. The van der Waals surface area contributed by atoms with Crippen LogP contribution in [0.2, 0.25) is 19.6 Å². The molecule has 0 saturated carbocycles. The van der Waals surface area contributed by atoms with Gasteiger partial charge in [-0.15, -0.1) is 0 Å². The van der Waals surface area contributed by atoms with Gasteiger partial charge in [0.1, 0.15) is 0 Å². The molecule has 1 aromatic carbocycles. The van der Waals surface area contributed by atoms with Gasteiger partial charge in [-0.05, 0) is 18.4 Å². The highest BCUT2D eigenvalue weighted by Gasteiger charge is 2.16. The van der Waals surface area contributed by atoms with Crippen LogP contribution < -0.4 is 10.5 Å². The minimum Gasteiger partial charge on any atom is -0.381 e. The standard InChI is InChI=1S/C15H25NOSi/c1-18(2,3)15-6-4-13(5-7-15)12-16-14-8-10-17-11-9-14/h4-7,14,16H,8-12H2,1-3H3. The van der Waals surface area contributed by atoms with Gasteiger partial charge in [-0.25, -0.2) is 0 Å². The van der Waals surface area contributed by atoms with Crippen LogP contribution in [-0.4, -0.2) is 27.3 Å². The topological polar surface area (TPSA) is 21.3 Å². The van der Waals surface area contributed by atoms with Crippen molar-refractivity contribution >= 4 is 13.3 Å². The van der Waals surface area contributed by atoms with Crippen LogP contribution in [0.4, 0.5) is 0 Å². The number of hydrogen-bond acceptors (Lipinski definition) is 2. The summed E-state index contributed by atoms with van der Waals surface area (Å²) in [5.41, 5.74) is 1.39. The molecule has 3 heteroatoms. The maximum absolute atomic E-state index is 5.37. The van der Waals surface area contributed by atoms with Gasteiger partial charge < -0.3 is 10.1 Å². The molecule has 1 heterocycles. The van der Waals surface area contributed by atoms with Crippen LogP contribution >= 0.6 is 0 Å². The molecule has 1 aromatic rings. The Balaban J connectivity index is 1.86. The van der Waals surface area contributed by atoms with Crippen molar-refractivity contribution in [1.82, 2.24) is 5.32 Å². The van der Waals surface area contributed by atoms with E-state index in [0.717, 1.165) is 32.6 Å². The van der Waals surface area contributed by atoms with E-state index in [1.807, 2.05) is 0 Å². The summed E-state index contributed by atoms with van der Waals surface area (Å²) in [6, 6.07) is 9.82. The van der Waals surface area contributed by atoms with Gasteiger partial charge in [-0.1, -0.05) is 49.1 Å². The first-order valence-corrected chi connectivity index (χ1v) is 10.5. The minimum absolute atomic E-state index is 0.635. The van der Waals surface area contributed by atoms with E-state index in [1.54, 1.807) is 0 Å². The molecule has 0 aromatic heterocycles. The molecule has 1 N–H and O–H groups in total. The first-order chi connectivity index (χ1) is 8.55. The Morgan fingerprint density at radius 3 is 2.28 bits per heavy atom. The molecule has 100 valence electrons. The van der Waals surface area contributed by atoms with Gasteiger partial charge in [0.15, 0.2) is 0 Å². The van der Waals surface area contributed by atoms with Gasteiger partial charge in [-0.2, -0.15) is 0 Å². The lowest BCUT2D eigenvalue weighted by molar-refractivity contribution is 0.0776. The van der Waals surface area contributed by atoms with E-state index in [1.165, 1.54) is 10.8 Å². The molecular formula is C15H25NOSi. The average molecular weight is 263 g/mol. The van der Waals surface area contributed by atoms with Crippen LogP contribution in [-0.2, 0) is 11.3 Å². The number of ether oxygens (including phenoxy) is 1. The molecule has 18 heavy (non-hydrogen) atoms. The van der Waals surface area contributed by atoms with Crippen molar-refractivity contribution in [3.05, 3.63) is 29.8 Å². The Kier molecular flexibility index (Phi) is 4.59. The SMILES string of the molecule is C[Si](C)(C)c1ccc(CNC2CCOCC2)cc1. The molecule has 1 aliphatic rings. The molecule has 0 atom stereocenters. The molecule has 1 aliphatic heterocycles. The van der Waals surface area contributed by atoms with Crippen molar-refractivity contribution in [2.24, 2.45) is 0 Å². The average Bonchev–Trinajstić information content (AvgIpc) is 2.37. The number of hydrogen-bond donors (Lipinski definition) is 1. The number of rotatable bonds is 4. The zero-order valence-electron chi connectivity index (χ0n) is 11.8. The Bertz CT molecular complexity index is 363. The Morgan fingerprint density at radius 2 is 1.72 bits per heavy atom. The molecule has 1 saturated heterocycles. The molecule has 2 rings (SSSR count). The summed E-state index contributed by atoms with van der Waals surface area (Å²) in [5, 5.41) is 5.17. The Hall–Kier alpha value is -0.643. The third-order valence-corrected chi connectivity index (χ3v) is 5.70. The molecule has 2 nitrogen and oxygen atoms in total. The molecule has 0 unspecified atom stereocenters. The van der Waals surface area contributed by atoms with Gasteiger partial charge >= 0.3 is 0 Å². The highest BCUT2D eigenvalue weighted by atomic mass is 28.3. The lowest BCUT2D eigenvalue weighted by Crippen LogP contribution is -2.37. The van der Waals surface area contributed by atoms with Crippen LogP contribution in [0, 0.1) is 0 Å². The quantitative estimate of drug-likeness (QED) is 0.843. The summed E-state index contributed by atoms with van der Waals surface area (Å²) >= 11 is 0. The highest BCUT2D eigenvalue weighted by Crippen LogP contribution is 2.08. The van der Waals surface area contributed by atoms with E-state index in [9.17, 15) is 0 Å². The molecule has 0 spiro atoms. The summed E-state index contributed by atoms with van der Waals surface area (Å²) in [5.74, 6) is 0. The zero-order chi connectivity index (χ0) is 13.0. The van der Waals surface area contributed by atoms with Gasteiger partial charge in [0.2, 0.25) is 0 Å². The first kappa shape index (κ1) is 13.8. The highest BCUT2D eigenvalue weighted by molar-refractivity contribution is 6.88. The van der Waals surface area contributed by atoms with Gasteiger partial charge in [-0.3, -0.25) is 0 Å². The second-order valence-corrected chi connectivity index (χ2v) is 11.3. The maximum Gasteiger partial charge on any atom is 0.0775 e. The largest absolute Gasteiger partial charge is 0.381 e. The lowest BCUT2D eigenvalue weighted by Gasteiger charge is -2.23. The van der Waals surface area contributed by atoms with Crippen molar-refractivity contribution in [2.75, 3.05) is 13.2 Å². The van der Waals surface area contributed by atoms with E-state index in [-0.39, 0.29) is 0 Å². The minimum atomic E-state index is -1.15. The first-order valence-electron chi connectivity index (χ1n) is 6.96. The molecule has 1 fully saturated rings. The summed E-state index contributed by atoms with van der Waals surface area (Å²) in [4.78, 5) is 0. The summed E-state index contributed by atoms with van der Waals surface area (Å²) in [7, 11) is -1.15. The number of nitrogens with one attached hydrogen (secondary N) is 1. The van der Waals surface area contributed by atoms with Gasteiger partial charge in [0.25, 0.3) is 0 Å². The van der Waals surface area contributed by atoms with E-state index in [4.69, 9.17) is 4.74 Å². The van der Waals surface area contributed by atoms with E-state index >= 15 is 0 Å². The van der Waals surface area contributed by atoms with Crippen molar-refractivity contribution in [2.45, 2.75) is 45.1 Å². The fourth-order valence-corrected chi connectivity index (χ4v) is 3.45. The fraction of sp³-hybridized carbons (Fsp3) is 0.600. The smallest absolute Gasteiger partial charge is 0.0775 e. The van der Waals surface area contributed by atoms with Crippen LogP contribution in [0.25, 0.3) is 0 Å². The van der Waals surface area contributed by atoms with Crippen LogP contribution in [0.5, 0.6) is 0 Å². The third-order valence-electron chi connectivity index (χ3n) is 3.64. The van der Waals surface area contributed by atoms with Crippen molar-refractivity contribution in [1.29, 1.82) is 0 Å². The molecule has 0 bridgehead atoms. The van der Waals surface area contributed by atoms with Crippen molar-refractivity contribution < 1.29 is 4.74 Å². The van der Waals surface area contributed by atoms with Crippen molar-refractivity contribution in [3.63, 3.8) is 0 Å². The van der Waals surface area contributed by atoms with Crippen LogP contribution in [0.15, 0.2) is 24.3 Å². The van der Waals surface area contributed by atoms with Gasteiger partial charge in [0, 0.05) is 25.8 Å². The van der Waals surface area contributed by atoms with Gasteiger partial charge in [0.05, 0.1) is 8.07 Å². The van der Waals surface area contributed by atoms with Crippen molar-refractivity contribution in [3.8, 4) is 0 Å². The zero-order valence-corrected chi connectivity index (χ0v) is 12.8. The monoisotopic (exact) mass is 263 g/mol. The maximum atomic E-state index is 5.37. The summed E-state index contributed by atoms with van der Waals surface area (Å²) < 4.78 is 5.37. The normalized spacial score (nSPS) is 17.9. The third kappa shape index (κ3) is 3.94. The molecule has 0 aliphatic carbocycles. The second-order valence-electron chi connectivity index (χ2n) is 6.21.